The molecule has 3 aromatic carbocycles. The van der Waals surface area contributed by atoms with E-state index >= 15 is 4.39 Å². The molecule has 0 spiro atoms. The molecule has 0 unspecified atom stereocenters. The number of anilines is 3. The Balaban J connectivity index is 1.34. The van der Waals surface area contributed by atoms with Crippen LogP contribution in [0.15, 0.2) is 65.8 Å². The van der Waals surface area contributed by atoms with Gasteiger partial charge in [0.2, 0.25) is 11.8 Å². The van der Waals surface area contributed by atoms with Crippen molar-refractivity contribution in [2.45, 2.75) is 19.4 Å². The Morgan fingerprint density at radius 3 is 2.59 bits per heavy atom. The van der Waals surface area contributed by atoms with E-state index < -0.39 is 29.6 Å². The lowest BCUT2D eigenvalue weighted by Crippen LogP contribution is -2.50. The third-order valence-corrected chi connectivity index (χ3v) is 8.76. The second-order valence-corrected chi connectivity index (χ2v) is 12.0. The normalized spacial score (nSPS) is 17.7. The lowest BCUT2D eigenvalue weighted by Gasteiger charge is -2.39. The maximum Gasteiger partial charge on any atom is 0.338 e. The highest BCUT2D eigenvalue weighted by atomic mass is 35.5. The fourth-order valence-corrected chi connectivity index (χ4v) is 6.24. The molecule has 6 rings (SSSR count). The number of hydrogen-bond donors (Lipinski definition) is 3. The Morgan fingerprint density at radius 1 is 1.08 bits per heavy atom. The first-order chi connectivity index (χ1) is 23.7. The van der Waals surface area contributed by atoms with Gasteiger partial charge < -0.3 is 19.9 Å². The monoisotopic (exact) mass is 688 g/mol. The van der Waals surface area contributed by atoms with Crippen molar-refractivity contribution in [3.63, 3.8) is 0 Å². The summed E-state index contributed by atoms with van der Waals surface area (Å²) < 4.78 is 20.3. The first kappa shape index (κ1) is 33.6. The average molecular weight is 689 g/mol. The predicted molar refractivity (Wildman–Crippen MR) is 183 cm³/mol. The van der Waals surface area contributed by atoms with Gasteiger partial charge in [0.25, 0.3) is 5.91 Å². The molecule has 3 aromatic rings. The van der Waals surface area contributed by atoms with E-state index in [-0.39, 0.29) is 36.2 Å². The van der Waals surface area contributed by atoms with Crippen molar-refractivity contribution >= 4 is 64.8 Å². The number of halogens is 2. The topological polar surface area (TPSA) is 139 Å². The molecule has 3 aliphatic heterocycles. The summed E-state index contributed by atoms with van der Waals surface area (Å²) in [4.78, 5) is 58.4. The summed E-state index contributed by atoms with van der Waals surface area (Å²) in [7, 11) is 1.89. The number of ether oxygens (including phenoxy) is 1. The average Bonchev–Trinajstić information content (AvgIpc) is 3.63. The summed E-state index contributed by atoms with van der Waals surface area (Å²) in [5.41, 5.74) is 8.43. The van der Waals surface area contributed by atoms with Crippen LogP contribution in [0.2, 0.25) is 5.02 Å². The van der Waals surface area contributed by atoms with Crippen LogP contribution in [0.4, 0.5) is 21.5 Å². The number of nitrogens with zero attached hydrogens (tertiary/aromatic N) is 5. The zero-order valence-corrected chi connectivity index (χ0v) is 27.5. The van der Waals surface area contributed by atoms with Gasteiger partial charge in [0.15, 0.2) is 5.82 Å². The van der Waals surface area contributed by atoms with Gasteiger partial charge in [-0.3, -0.25) is 19.3 Å². The van der Waals surface area contributed by atoms with Crippen molar-refractivity contribution in [1.82, 2.24) is 20.9 Å². The van der Waals surface area contributed by atoms with Crippen molar-refractivity contribution < 1.29 is 28.3 Å². The Labute approximate surface area is 286 Å². The molecule has 0 bridgehead atoms. The van der Waals surface area contributed by atoms with E-state index in [4.69, 9.17) is 16.3 Å². The number of rotatable bonds is 8. The lowest BCUT2D eigenvalue weighted by atomic mass is 9.89. The smallest absolute Gasteiger partial charge is 0.338 e. The van der Waals surface area contributed by atoms with Crippen LogP contribution in [-0.4, -0.2) is 79.7 Å². The first-order valence-electron chi connectivity index (χ1n) is 15.6. The number of carbonyl (C=O) groups excluding carboxylic acids is 4. The SMILES string of the molecule is CCOC(=O)c1ccc(NC(=O)[C@@H]2c3cccc(N4CCN(C)CC4=O)c3CCN2C(=O)/C=C/c2c(N3C=NNN3)ccc(Cl)c2F)cc1. The quantitative estimate of drug-likeness (QED) is 0.240. The molecule has 1 atom stereocenters. The van der Waals surface area contributed by atoms with Gasteiger partial charge in [-0.15, -0.1) is 5.53 Å². The number of benzene rings is 3. The van der Waals surface area contributed by atoms with E-state index in [2.05, 4.69) is 21.5 Å². The van der Waals surface area contributed by atoms with Gasteiger partial charge >= 0.3 is 5.97 Å². The van der Waals surface area contributed by atoms with Crippen molar-refractivity contribution in [1.29, 1.82) is 0 Å². The van der Waals surface area contributed by atoms with Gasteiger partial charge in [-0.25, -0.2) is 19.7 Å². The van der Waals surface area contributed by atoms with Crippen molar-refractivity contribution in [3.05, 3.63) is 93.8 Å². The summed E-state index contributed by atoms with van der Waals surface area (Å²) in [6.45, 7) is 3.52. The predicted octanol–water partition coefficient (Wildman–Crippen LogP) is 3.48. The largest absolute Gasteiger partial charge is 0.462 e. The number of carbonyl (C=O) groups is 4. The Hall–Kier alpha value is -5.31. The molecule has 15 heteroatoms. The summed E-state index contributed by atoms with van der Waals surface area (Å²) >= 11 is 6.09. The number of esters is 1. The second-order valence-electron chi connectivity index (χ2n) is 11.6. The number of hydrogen-bond acceptors (Lipinski definition) is 10. The number of piperazine rings is 1. The van der Waals surface area contributed by atoms with Crippen LogP contribution in [0.1, 0.15) is 40.0 Å². The fourth-order valence-electron chi connectivity index (χ4n) is 6.08. The van der Waals surface area contributed by atoms with Crippen molar-refractivity contribution in [2.75, 3.05) is 55.1 Å². The summed E-state index contributed by atoms with van der Waals surface area (Å²) in [5, 5.41) is 8.01. The zero-order chi connectivity index (χ0) is 34.7. The maximum absolute atomic E-state index is 15.3. The van der Waals surface area contributed by atoms with Crippen molar-refractivity contribution in [2.24, 2.45) is 5.10 Å². The van der Waals surface area contributed by atoms with Gasteiger partial charge in [-0.2, -0.15) is 5.10 Å². The Kier molecular flexibility index (Phi) is 9.90. The second kappa shape index (κ2) is 14.4. The van der Waals surface area contributed by atoms with Crippen LogP contribution >= 0.6 is 11.6 Å². The van der Waals surface area contributed by atoms with Crippen molar-refractivity contribution in [3.8, 4) is 0 Å². The molecule has 254 valence electrons. The number of amides is 3. The molecular formula is C34H34ClFN8O5. The number of likely N-dealkylation sites (N-methyl/N-ethyl adjacent to an activating group) is 1. The van der Waals surface area contributed by atoms with Crippen LogP contribution in [0.5, 0.6) is 0 Å². The number of fused-ring (bicyclic) bond motifs is 1. The first-order valence-corrected chi connectivity index (χ1v) is 16.0. The molecule has 1 fully saturated rings. The molecule has 3 amide bonds. The number of hydrazine groups is 2. The summed E-state index contributed by atoms with van der Waals surface area (Å²) in [6, 6.07) is 13.5. The van der Waals surface area contributed by atoms with Gasteiger partial charge in [0, 0.05) is 42.6 Å². The molecule has 13 nitrogen and oxygen atoms in total. The Morgan fingerprint density at radius 2 is 1.88 bits per heavy atom. The van der Waals surface area contributed by atoms with E-state index in [1.165, 1.54) is 46.6 Å². The fraction of sp³-hybridized carbons (Fsp3) is 0.265. The third-order valence-electron chi connectivity index (χ3n) is 8.46. The van der Waals surface area contributed by atoms with Crippen LogP contribution in [0.3, 0.4) is 0 Å². The van der Waals surface area contributed by atoms with E-state index in [9.17, 15) is 19.2 Å². The highest BCUT2D eigenvalue weighted by Crippen LogP contribution is 2.37. The molecule has 0 radical (unpaired) electrons. The molecule has 3 N–H and O–H groups in total. The minimum Gasteiger partial charge on any atom is -0.462 e. The molecule has 3 heterocycles. The lowest BCUT2D eigenvalue weighted by molar-refractivity contribution is -0.135. The van der Waals surface area contributed by atoms with Gasteiger partial charge in [-0.05, 0) is 80.1 Å². The highest BCUT2D eigenvalue weighted by Gasteiger charge is 2.38. The van der Waals surface area contributed by atoms with Gasteiger partial charge in [0.05, 0.1) is 29.4 Å². The van der Waals surface area contributed by atoms with Gasteiger partial charge in [-0.1, -0.05) is 23.7 Å². The molecule has 1 saturated heterocycles. The van der Waals surface area contributed by atoms with Crippen LogP contribution in [0.25, 0.3) is 6.08 Å². The number of hydrazone groups is 1. The number of nitrogens with one attached hydrogen (secondary N) is 3. The minimum absolute atomic E-state index is 0.0273. The zero-order valence-electron chi connectivity index (χ0n) is 26.8. The third kappa shape index (κ3) is 6.97. The summed E-state index contributed by atoms with van der Waals surface area (Å²) in [6.07, 6.45) is 4.28. The molecular weight excluding hydrogens is 655 g/mol. The Bertz CT molecular complexity index is 1850. The molecule has 0 aromatic heterocycles. The van der Waals surface area contributed by atoms with Crippen LogP contribution in [-0.2, 0) is 25.5 Å². The van der Waals surface area contributed by atoms with Crippen LogP contribution < -0.4 is 26.3 Å². The summed E-state index contributed by atoms with van der Waals surface area (Å²) in [5.74, 6) is -2.34. The molecule has 49 heavy (non-hydrogen) atoms. The maximum atomic E-state index is 15.3. The minimum atomic E-state index is -1.10. The van der Waals surface area contributed by atoms with Gasteiger partial charge in [0.1, 0.15) is 12.4 Å². The van der Waals surface area contributed by atoms with E-state index in [0.29, 0.717) is 47.7 Å². The molecule has 0 saturated carbocycles. The highest BCUT2D eigenvalue weighted by molar-refractivity contribution is 6.31. The van der Waals surface area contributed by atoms with E-state index in [1.807, 2.05) is 18.0 Å². The standard InChI is InChI=1S/C34H34ClFN8O5/c1-3-49-34(48)21-7-9-22(10-8-21)38-33(47)32-24-5-4-6-27(42-18-17-41(2)19-30(42)46)23(24)15-16-43(32)29(45)14-11-25-28(44-20-37-39-40-44)13-12-26(35)31(25)36/h4-14,20,32,39-40H,3,15-19H2,1-2H3,(H,38,47)/b14-11+/t32-/m0/s1. The molecule has 0 aliphatic carbocycles. The molecule has 3 aliphatic rings. The van der Waals surface area contributed by atoms with E-state index in [0.717, 1.165) is 5.56 Å². The van der Waals surface area contributed by atoms with Crippen LogP contribution in [0, 0.1) is 5.82 Å². The van der Waals surface area contributed by atoms with E-state index in [1.54, 1.807) is 42.2 Å².